The minimum Gasteiger partial charge on any atom is -0.395 e. The summed E-state index contributed by atoms with van der Waals surface area (Å²) in [4.78, 5) is 26.6. The number of nitrogens with one attached hydrogen (secondary N) is 1. The first-order valence-electron chi connectivity index (χ1n) is 7.02. The molecular weight excluding hydrogens is 339 g/mol. The van der Waals surface area contributed by atoms with Crippen molar-refractivity contribution in [3.63, 3.8) is 0 Å². The van der Waals surface area contributed by atoms with Gasteiger partial charge in [0.15, 0.2) is 17.4 Å². The second-order valence-corrected chi connectivity index (χ2v) is 5.11. The van der Waals surface area contributed by atoms with E-state index in [1.807, 2.05) is 0 Å². The Morgan fingerprint density at radius 1 is 1.08 bits per heavy atom. The maximum absolute atomic E-state index is 13.5. The lowest BCUT2D eigenvalue weighted by Crippen LogP contribution is -2.19. The van der Waals surface area contributed by atoms with E-state index in [1.165, 1.54) is 19.1 Å². The monoisotopic (exact) mass is 349 g/mol. The van der Waals surface area contributed by atoms with Gasteiger partial charge in [0.05, 0.1) is 10.9 Å². The number of ether oxygens (including phenoxy) is 2. The summed E-state index contributed by atoms with van der Waals surface area (Å²) in [6.07, 6.45) is -0.197. The number of halogens is 3. The van der Waals surface area contributed by atoms with Crippen molar-refractivity contribution in [1.82, 2.24) is 4.98 Å². The molecule has 2 aromatic carbocycles. The van der Waals surface area contributed by atoms with E-state index < -0.39 is 34.8 Å². The predicted octanol–water partition coefficient (Wildman–Crippen LogP) is 3.83. The van der Waals surface area contributed by atoms with Crippen LogP contribution < -0.4 is 14.9 Å². The number of carbonyl (C=O) groups is 1. The zero-order chi connectivity index (χ0) is 18.1. The maximum atomic E-state index is 13.5. The number of aryl methyl sites for hydroxylation is 1. The van der Waals surface area contributed by atoms with Crippen molar-refractivity contribution in [3.05, 3.63) is 69.8 Å². The minimum atomic E-state index is -1.24. The van der Waals surface area contributed by atoms with Crippen LogP contribution in [0.3, 0.4) is 0 Å². The summed E-state index contributed by atoms with van der Waals surface area (Å²) in [5.41, 5.74) is -0.803. The van der Waals surface area contributed by atoms with Gasteiger partial charge < -0.3 is 14.5 Å². The quantitative estimate of drug-likeness (QED) is 0.564. The van der Waals surface area contributed by atoms with Crippen LogP contribution in [-0.4, -0.2) is 11.1 Å². The van der Waals surface area contributed by atoms with Gasteiger partial charge in [-0.15, -0.1) is 0 Å². The number of H-pyrrole nitrogens is 1. The molecule has 0 aliphatic rings. The van der Waals surface area contributed by atoms with Gasteiger partial charge in [-0.3, -0.25) is 4.79 Å². The molecule has 0 amide bonds. The Balaban J connectivity index is 1.90. The van der Waals surface area contributed by atoms with Crippen LogP contribution in [0.4, 0.5) is 18.0 Å². The van der Waals surface area contributed by atoms with Crippen LogP contribution in [-0.2, 0) is 0 Å². The van der Waals surface area contributed by atoms with Gasteiger partial charge in [0.25, 0.3) is 0 Å². The predicted molar refractivity (Wildman–Crippen MR) is 82.3 cm³/mol. The fourth-order valence-corrected chi connectivity index (χ4v) is 2.24. The normalized spacial score (nSPS) is 10.7. The van der Waals surface area contributed by atoms with Crippen molar-refractivity contribution in [2.24, 2.45) is 0 Å². The number of benzene rings is 2. The lowest BCUT2D eigenvalue weighted by atomic mass is 10.1. The van der Waals surface area contributed by atoms with Crippen LogP contribution in [0.2, 0.25) is 0 Å². The van der Waals surface area contributed by atoms with E-state index >= 15 is 0 Å². The van der Waals surface area contributed by atoms with E-state index in [0.717, 1.165) is 18.3 Å². The number of hydrogen-bond donors (Lipinski definition) is 1. The lowest BCUT2D eigenvalue weighted by molar-refractivity contribution is 0.151. The summed E-state index contributed by atoms with van der Waals surface area (Å²) in [6.45, 7) is 1.31. The molecule has 1 heterocycles. The number of carbonyl (C=O) groups excluding carboxylic acids is 1. The van der Waals surface area contributed by atoms with Crippen LogP contribution in [0.15, 0.2) is 41.3 Å². The second kappa shape index (κ2) is 6.31. The molecular formula is C17H10F3NO4. The molecule has 8 heteroatoms. The third-order valence-electron chi connectivity index (χ3n) is 3.48. The van der Waals surface area contributed by atoms with Crippen LogP contribution >= 0.6 is 0 Å². The van der Waals surface area contributed by atoms with Crippen molar-refractivity contribution in [3.8, 4) is 11.5 Å². The van der Waals surface area contributed by atoms with Crippen molar-refractivity contribution in [2.75, 3.05) is 0 Å². The highest BCUT2D eigenvalue weighted by molar-refractivity contribution is 5.83. The van der Waals surface area contributed by atoms with Gasteiger partial charge in [0, 0.05) is 11.8 Å². The largest absolute Gasteiger partial charge is 0.519 e. The molecule has 3 rings (SSSR count). The van der Waals surface area contributed by atoms with Gasteiger partial charge in [-0.1, -0.05) is 0 Å². The minimum absolute atomic E-state index is 0.00702. The summed E-state index contributed by atoms with van der Waals surface area (Å²) in [5, 5.41) is -0.177. The molecule has 1 aromatic heterocycles. The number of aromatic nitrogens is 1. The average Bonchev–Trinajstić information content (AvgIpc) is 2.58. The molecule has 5 nitrogen and oxygen atoms in total. The number of fused-ring (bicyclic) bond motifs is 1. The zero-order valence-electron chi connectivity index (χ0n) is 12.7. The first-order chi connectivity index (χ1) is 11.9. The van der Waals surface area contributed by atoms with E-state index in [2.05, 4.69) is 4.98 Å². The standard InChI is InChI=1S/C17H10F3NO4/c1-8-14(20)12(19)6-11-15(8)21-7-13(16(11)22)25-17(23)24-10-4-2-9(18)3-5-10/h2-7H,1H3,(H,21,22). The van der Waals surface area contributed by atoms with E-state index in [4.69, 9.17) is 9.47 Å². The van der Waals surface area contributed by atoms with Gasteiger partial charge in [0.1, 0.15) is 11.6 Å². The molecule has 0 atom stereocenters. The molecule has 0 aliphatic heterocycles. The molecule has 0 saturated heterocycles. The van der Waals surface area contributed by atoms with Gasteiger partial charge in [-0.2, -0.15) is 0 Å². The lowest BCUT2D eigenvalue weighted by Gasteiger charge is -2.08. The molecule has 0 radical (unpaired) electrons. The Hall–Kier alpha value is -3.29. The summed E-state index contributed by atoms with van der Waals surface area (Å²) < 4.78 is 49.4. The summed E-state index contributed by atoms with van der Waals surface area (Å²) in [7, 11) is 0. The molecule has 1 N–H and O–H groups in total. The molecule has 25 heavy (non-hydrogen) atoms. The van der Waals surface area contributed by atoms with Crippen molar-refractivity contribution < 1.29 is 27.4 Å². The fraction of sp³-hybridized carbons (Fsp3) is 0.0588. The van der Waals surface area contributed by atoms with E-state index in [-0.39, 0.29) is 22.2 Å². The van der Waals surface area contributed by atoms with Gasteiger partial charge in [-0.25, -0.2) is 18.0 Å². The SMILES string of the molecule is Cc1c(F)c(F)cc2c(=O)c(OC(=O)Oc3ccc(F)cc3)c[nH]c12. The Kier molecular flexibility index (Phi) is 4.18. The highest BCUT2D eigenvalue weighted by atomic mass is 19.2. The van der Waals surface area contributed by atoms with Crippen LogP contribution in [0.5, 0.6) is 11.5 Å². The number of aromatic amines is 1. The zero-order valence-corrected chi connectivity index (χ0v) is 12.7. The molecule has 0 saturated carbocycles. The molecule has 128 valence electrons. The van der Waals surface area contributed by atoms with Crippen molar-refractivity contribution in [2.45, 2.75) is 6.92 Å². The molecule has 0 bridgehead atoms. The second-order valence-electron chi connectivity index (χ2n) is 5.11. The van der Waals surface area contributed by atoms with E-state index in [9.17, 15) is 22.8 Å². The van der Waals surface area contributed by atoms with Crippen LogP contribution in [0.1, 0.15) is 5.56 Å². The Bertz CT molecular complexity index is 1030. The smallest absolute Gasteiger partial charge is 0.395 e. The van der Waals surface area contributed by atoms with E-state index in [1.54, 1.807) is 0 Å². The molecule has 0 spiro atoms. The topological polar surface area (TPSA) is 68.4 Å². The summed E-state index contributed by atoms with van der Waals surface area (Å²) in [5.74, 6) is -3.23. The highest BCUT2D eigenvalue weighted by Gasteiger charge is 2.17. The number of hydrogen-bond acceptors (Lipinski definition) is 4. The number of pyridine rings is 1. The fourth-order valence-electron chi connectivity index (χ4n) is 2.24. The van der Waals surface area contributed by atoms with E-state index in [0.29, 0.717) is 6.07 Å². The van der Waals surface area contributed by atoms with Gasteiger partial charge in [-0.05, 0) is 37.3 Å². The maximum Gasteiger partial charge on any atom is 0.519 e. The Morgan fingerprint density at radius 3 is 2.44 bits per heavy atom. The highest BCUT2D eigenvalue weighted by Crippen LogP contribution is 2.21. The Labute approximate surface area is 138 Å². The average molecular weight is 349 g/mol. The van der Waals surface area contributed by atoms with Gasteiger partial charge in [0.2, 0.25) is 5.43 Å². The third kappa shape index (κ3) is 3.18. The van der Waals surface area contributed by atoms with Crippen LogP contribution in [0, 0.1) is 24.4 Å². The summed E-state index contributed by atoms with van der Waals surface area (Å²) >= 11 is 0. The Morgan fingerprint density at radius 2 is 1.76 bits per heavy atom. The van der Waals surface area contributed by atoms with Gasteiger partial charge >= 0.3 is 6.16 Å². The van der Waals surface area contributed by atoms with Crippen molar-refractivity contribution >= 4 is 17.1 Å². The first-order valence-corrected chi connectivity index (χ1v) is 7.02. The molecule has 0 fully saturated rings. The molecule has 3 aromatic rings. The number of rotatable bonds is 2. The third-order valence-corrected chi connectivity index (χ3v) is 3.48. The van der Waals surface area contributed by atoms with Crippen LogP contribution in [0.25, 0.3) is 10.9 Å². The molecule has 0 unspecified atom stereocenters. The van der Waals surface area contributed by atoms with Crippen molar-refractivity contribution in [1.29, 1.82) is 0 Å². The first kappa shape index (κ1) is 16.6. The molecule has 0 aliphatic carbocycles. The summed E-state index contributed by atoms with van der Waals surface area (Å²) in [6, 6.07) is 5.26.